The van der Waals surface area contributed by atoms with Gasteiger partial charge in [-0.15, -0.1) is 5.75 Å². The second kappa shape index (κ2) is 3.26. The zero-order valence-corrected chi connectivity index (χ0v) is 8.32. The lowest BCUT2D eigenvalue weighted by Gasteiger charge is -2.44. The molecule has 0 radical (unpaired) electrons. The van der Waals surface area contributed by atoms with Crippen molar-refractivity contribution < 1.29 is 14.9 Å². The predicted octanol–water partition coefficient (Wildman–Crippen LogP) is 1.93. The van der Waals surface area contributed by atoms with Crippen LogP contribution in [0.2, 0.25) is 0 Å². The Hall–Kier alpha value is -1.06. The van der Waals surface area contributed by atoms with Crippen LogP contribution in [0.4, 0.5) is 0 Å². The van der Waals surface area contributed by atoms with Gasteiger partial charge in [0.2, 0.25) is 0 Å². The quantitative estimate of drug-likeness (QED) is 0.674. The third-order valence-electron chi connectivity index (χ3n) is 2.75. The van der Waals surface area contributed by atoms with Crippen LogP contribution in [-0.4, -0.2) is 5.60 Å². The van der Waals surface area contributed by atoms with Gasteiger partial charge >= 0.3 is 0 Å². The van der Waals surface area contributed by atoms with Gasteiger partial charge in [0, 0.05) is 0 Å². The molecule has 0 saturated carbocycles. The molecule has 1 aliphatic rings. The fourth-order valence-corrected chi connectivity index (χ4v) is 1.59. The standard InChI is InChI=1S/C11H14O3/c1-3-11(2)10(13-14-11)8-5-4-6-9(12)7-8/h4-7,10,12H,3H2,1-2H3/p-1. The van der Waals surface area contributed by atoms with Crippen LogP contribution in [-0.2, 0) is 9.78 Å². The molecule has 14 heavy (non-hydrogen) atoms. The third-order valence-corrected chi connectivity index (χ3v) is 2.75. The molecule has 3 heteroatoms. The molecule has 0 spiro atoms. The first kappa shape index (κ1) is 9.49. The summed E-state index contributed by atoms with van der Waals surface area (Å²) in [6.45, 7) is 4.02. The molecular weight excluding hydrogens is 180 g/mol. The zero-order chi connectivity index (χ0) is 10.2. The van der Waals surface area contributed by atoms with E-state index in [0.29, 0.717) is 0 Å². The molecule has 0 aliphatic carbocycles. The van der Waals surface area contributed by atoms with Gasteiger partial charge in [0.15, 0.2) is 0 Å². The van der Waals surface area contributed by atoms with E-state index in [9.17, 15) is 5.11 Å². The molecule has 1 heterocycles. The summed E-state index contributed by atoms with van der Waals surface area (Å²) in [7, 11) is 0. The lowest BCUT2D eigenvalue weighted by molar-refractivity contribution is -0.511. The molecule has 1 aromatic rings. The molecule has 2 atom stereocenters. The molecule has 1 fully saturated rings. The molecule has 1 saturated heterocycles. The first-order chi connectivity index (χ1) is 6.65. The maximum absolute atomic E-state index is 11.1. The van der Waals surface area contributed by atoms with Crippen LogP contribution in [0, 0.1) is 0 Å². The number of hydrogen-bond acceptors (Lipinski definition) is 3. The van der Waals surface area contributed by atoms with Crippen molar-refractivity contribution in [3.63, 3.8) is 0 Å². The molecule has 1 aromatic carbocycles. The van der Waals surface area contributed by atoms with Crippen molar-refractivity contribution in [2.45, 2.75) is 32.0 Å². The van der Waals surface area contributed by atoms with Crippen molar-refractivity contribution >= 4 is 0 Å². The van der Waals surface area contributed by atoms with Crippen LogP contribution >= 0.6 is 0 Å². The van der Waals surface area contributed by atoms with Gasteiger partial charge in [0.1, 0.15) is 11.7 Å². The van der Waals surface area contributed by atoms with Gasteiger partial charge in [-0.1, -0.05) is 31.2 Å². The molecule has 0 N–H and O–H groups in total. The van der Waals surface area contributed by atoms with Gasteiger partial charge in [-0.3, -0.25) is 0 Å². The Labute approximate surface area is 83.2 Å². The zero-order valence-electron chi connectivity index (χ0n) is 8.32. The van der Waals surface area contributed by atoms with Gasteiger partial charge < -0.3 is 5.11 Å². The third kappa shape index (κ3) is 1.38. The number of benzene rings is 1. The largest absolute Gasteiger partial charge is 0.872 e. The molecule has 0 bridgehead atoms. The summed E-state index contributed by atoms with van der Waals surface area (Å²) in [6.07, 6.45) is 0.752. The summed E-state index contributed by atoms with van der Waals surface area (Å²) in [5, 5.41) is 11.1. The van der Waals surface area contributed by atoms with E-state index in [2.05, 4.69) is 0 Å². The molecular formula is C11H13O3-. The summed E-state index contributed by atoms with van der Waals surface area (Å²) in [4.78, 5) is 10.1. The van der Waals surface area contributed by atoms with Gasteiger partial charge in [-0.25, -0.2) is 9.78 Å². The molecule has 0 aromatic heterocycles. The smallest absolute Gasteiger partial charge is 0.150 e. The maximum Gasteiger partial charge on any atom is 0.150 e. The van der Waals surface area contributed by atoms with E-state index in [0.717, 1.165) is 12.0 Å². The SMILES string of the molecule is CCC1(C)OOC1c1cccc([O-])c1. The Balaban J connectivity index is 2.24. The van der Waals surface area contributed by atoms with Crippen LogP contribution in [0.5, 0.6) is 5.75 Å². The fourth-order valence-electron chi connectivity index (χ4n) is 1.59. The Morgan fingerprint density at radius 3 is 2.79 bits per heavy atom. The lowest BCUT2D eigenvalue weighted by atomic mass is 9.89. The minimum Gasteiger partial charge on any atom is -0.872 e. The van der Waals surface area contributed by atoms with E-state index >= 15 is 0 Å². The van der Waals surface area contributed by atoms with Crippen LogP contribution in [0.15, 0.2) is 24.3 Å². The van der Waals surface area contributed by atoms with E-state index in [1.165, 1.54) is 6.07 Å². The average Bonchev–Trinajstić information content (AvgIpc) is 2.15. The second-order valence-electron chi connectivity index (χ2n) is 3.80. The predicted molar refractivity (Wildman–Crippen MR) is 49.5 cm³/mol. The highest BCUT2D eigenvalue weighted by molar-refractivity contribution is 5.29. The van der Waals surface area contributed by atoms with Crippen LogP contribution in [0.25, 0.3) is 0 Å². The first-order valence-corrected chi connectivity index (χ1v) is 4.77. The highest BCUT2D eigenvalue weighted by Gasteiger charge is 2.46. The van der Waals surface area contributed by atoms with Gasteiger partial charge in [0.25, 0.3) is 0 Å². The Bertz CT molecular complexity index is 333. The highest BCUT2D eigenvalue weighted by Crippen LogP contribution is 2.44. The summed E-state index contributed by atoms with van der Waals surface area (Å²) in [5.41, 5.74) is 0.612. The van der Waals surface area contributed by atoms with Crippen molar-refractivity contribution in [1.82, 2.24) is 0 Å². The van der Waals surface area contributed by atoms with Crippen molar-refractivity contribution in [1.29, 1.82) is 0 Å². The summed E-state index contributed by atoms with van der Waals surface area (Å²) < 4.78 is 0. The Morgan fingerprint density at radius 2 is 2.29 bits per heavy atom. The summed E-state index contributed by atoms with van der Waals surface area (Å²) in [5.74, 6) is 0.0106. The average molecular weight is 193 g/mol. The van der Waals surface area contributed by atoms with E-state index < -0.39 is 0 Å². The number of rotatable bonds is 2. The van der Waals surface area contributed by atoms with Gasteiger partial charge in [0.05, 0.1) is 0 Å². The molecule has 2 rings (SSSR count). The normalized spacial score (nSPS) is 31.1. The monoisotopic (exact) mass is 193 g/mol. The molecule has 1 aliphatic heterocycles. The maximum atomic E-state index is 11.1. The van der Waals surface area contributed by atoms with Crippen molar-refractivity contribution in [3.05, 3.63) is 29.8 Å². The Morgan fingerprint density at radius 1 is 1.50 bits per heavy atom. The molecule has 0 amide bonds. The van der Waals surface area contributed by atoms with Crippen LogP contribution in [0.3, 0.4) is 0 Å². The van der Waals surface area contributed by atoms with E-state index in [1.54, 1.807) is 12.1 Å². The minimum absolute atomic E-state index is 0.0106. The molecule has 2 unspecified atom stereocenters. The molecule has 76 valence electrons. The van der Waals surface area contributed by atoms with E-state index in [1.807, 2.05) is 19.9 Å². The first-order valence-electron chi connectivity index (χ1n) is 4.77. The van der Waals surface area contributed by atoms with E-state index in [4.69, 9.17) is 9.78 Å². The topological polar surface area (TPSA) is 41.5 Å². The molecule has 3 nitrogen and oxygen atoms in total. The van der Waals surface area contributed by atoms with E-state index in [-0.39, 0.29) is 17.5 Å². The van der Waals surface area contributed by atoms with Gasteiger partial charge in [-0.05, 0) is 18.9 Å². The van der Waals surface area contributed by atoms with Crippen molar-refractivity contribution in [2.24, 2.45) is 0 Å². The highest BCUT2D eigenvalue weighted by atomic mass is 17.3. The van der Waals surface area contributed by atoms with Crippen LogP contribution in [0.1, 0.15) is 31.9 Å². The summed E-state index contributed by atoms with van der Waals surface area (Å²) >= 11 is 0. The second-order valence-corrected chi connectivity index (χ2v) is 3.80. The Kier molecular flexibility index (Phi) is 2.21. The summed E-state index contributed by atoms with van der Waals surface area (Å²) in [6, 6.07) is 6.77. The van der Waals surface area contributed by atoms with Gasteiger partial charge in [-0.2, -0.15) is 0 Å². The van der Waals surface area contributed by atoms with Crippen molar-refractivity contribution in [3.8, 4) is 5.75 Å². The number of hydrogen-bond donors (Lipinski definition) is 0. The van der Waals surface area contributed by atoms with Crippen molar-refractivity contribution in [2.75, 3.05) is 0 Å². The van der Waals surface area contributed by atoms with Crippen LogP contribution < -0.4 is 5.11 Å². The fraction of sp³-hybridized carbons (Fsp3) is 0.455. The minimum atomic E-state index is -0.284. The lowest BCUT2D eigenvalue weighted by Crippen LogP contribution is -2.46.